The van der Waals surface area contributed by atoms with Gasteiger partial charge in [0.25, 0.3) is 0 Å². The predicted molar refractivity (Wildman–Crippen MR) is 44.5 cm³/mol. The van der Waals surface area contributed by atoms with Crippen molar-refractivity contribution in [3.05, 3.63) is 0 Å². The lowest BCUT2D eigenvalue weighted by molar-refractivity contribution is 0.212. The van der Waals surface area contributed by atoms with Crippen LogP contribution in [0.2, 0.25) is 0 Å². The topological polar surface area (TPSA) is 24.1 Å². The van der Waals surface area contributed by atoms with Crippen molar-refractivity contribution in [2.75, 3.05) is 26.2 Å². The van der Waals surface area contributed by atoms with Crippen LogP contribution in [0.3, 0.4) is 0 Å². The van der Waals surface area contributed by atoms with Gasteiger partial charge in [0.15, 0.2) is 0 Å². The van der Waals surface area contributed by atoms with Crippen LogP contribution in [0.4, 0.5) is 0 Å². The minimum absolute atomic E-state index is 0.674. The first kappa shape index (κ1) is 6.44. The molecule has 2 N–H and O–H groups in total. The fourth-order valence-corrected chi connectivity index (χ4v) is 3.61. The third kappa shape index (κ3) is 0.574. The average molecular weight is 152 g/mol. The lowest BCUT2D eigenvalue weighted by Gasteiger charge is -2.30. The highest BCUT2D eigenvalue weighted by atomic mass is 15.1. The van der Waals surface area contributed by atoms with Crippen LogP contribution in [0.1, 0.15) is 19.3 Å². The zero-order chi connectivity index (χ0) is 7.36. The summed E-state index contributed by atoms with van der Waals surface area (Å²) < 4.78 is 0. The molecule has 1 aliphatic carbocycles. The van der Waals surface area contributed by atoms with E-state index in [1.54, 1.807) is 0 Å². The van der Waals surface area contributed by atoms with Gasteiger partial charge in [-0.1, -0.05) is 6.42 Å². The second kappa shape index (κ2) is 1.80. The summed E-state index contributed by atoms with van der Waals surface area (Å²) in [6, 6.07) is 0. The van der Waals surface area contributed by atoms with E-state index in [1.165, 1.54) is 45.4 Å². The van der Waals surface area contributed by atoms with Gasteiger partial charge in [-0.15, -0.1) is 0 Å². The number of hydrogen-bond acceptors (Lipinski definition) is 2. The third-order valence-corrected chi connectivity index (χ3v) is 4.29. The minimum atomic E-state index is 0.674. The van der Waals surface area contributed by atoms with Crippen LogP contribution >= 0.6 is 0 Å². The van der Waals surface area contributed by atoms with E-state index >= 15 is 0 Å². The molecule has 3 rings (SSSR count). The number of hydrogen-bond donors (Lipinski definition) is 2. The summed E-state index contributed by atoms with van der Waals surface area (Å²) in [5, 5.41) is 7.14. The molecule has 2 saturated heterocycles. The fourth-order valence-electron chi connectivity index (χ4n) is 3.61. The summed E-state index contributed by atoms with van der Waals surface area (Å²) in [6.07, 6.45) is 4.41. The van der Waals surface area contributed by atoms with Gasteiger partial charge in [0.1, 0.15) is 0 Å². The second-order valence-corrected chi connectivity index (χ2v) is 4.62. The summed E-state index contributed by atoms with van der Waals surface area (Å²) in [6.45, 7) is 5.11. The molecule has 0 radical (unpaired) electrons. The van der Waals surface area contributed by atoms with Crippen LogP contribution in [0, 0.1) is 10.8 Å². The van der Waals surface area contributed by atoms with Gasteiger partial charge in [-0.25, -0.2) is 0 Å². The highest BCUT2D eigenvalue weighted by Crippen LogP contribution is 2.57. The van der Waals surface area contributed by atoms with Gasteiger partial charge in [-0.05, 0) is 12.8 Å². The molecule has 0 atom stereocenters. The van der Waals surface area contributed by atoms with Crippen molar-refractivity contribution in [2.24, 2.45) is 10.8 Å². The maximum atomic E-state index is 3.57. The van der Waals surface area contributed by atoms with E-state index in [0.29, 0.717) is 10.8 Å². The fraction of sp³-hybridized carbons (Fsp3) is 1.00. The Morgan fingerprint density at radius 3 is 1.64 bits per heavy atom. The van der Waals surface area contributed by atoms with Crippen LogP contribution < -0.4 is 10.6 Å². The Morgan fingerprint density at radius 1 is 0.727 bits per heavy atom. The van der Waals surface area contributed by atoms with Crippen molar-refractivity contribution in [3.8, 4) is 0 Å². The van der Waals surface area contributed by atoms with Gasteiger partial charge < -0.3 is 10.6 Å². The summed E-state index contributed by atoms with van der Waals surface area (Å²) in [5.74, 6) is 0. The minimum Gasteiger partial charge on any atom is -0.315 e. The van der Waals surface area contributed by atoms with E-state index in [-0.39, 0.29) is 0 Å². The normalized spacial score (nSPS) is 54.5. The van der Waals surface area contributed by atoms with E-state index in [0.717, 1.165) is 0 Å². The van der Waals surface area contributed by atoms with Gasteiger partial charge >= 0.3 is 0 Å². The number of nitrogens with one attached hydrogen (secondary N) is 2. The largest absolute Gasteiger partial charge is 0.315 e. The second-order valence-electron chi connectivity index (χ2n) is 4.62. The molecule has 0 aromatic rings. The molecule has 62 valence electrons. The molecule has 2 heteroatoms. The first-order valence-corrected chi connectivity index (χ1v) is 4.79. The number of rotatable bonds is 0. The summed E-state index contributed by atoms with van der Waals surface area (Å²) in [4.78, 5) is 0. The summed E-state index contributed by atoms with van der Waals surface area (Å²) in [7, 11) is 0. The van der Waals surface area contributed by atoms with E-state index < -0.39 is 0 Å². The quantitative estimate of drug-likeness (QED) is 0.523. The average Bonchev–Trinajstić information content (AvgIpc) is 2.40. The van der Waals surface area contributed by atoms with Gasteiger partial charge in [0.05, 0.1) is 0 Å². The Labute approximate surface area is 67.7 Å². The van der Waals surface area contributed by atoms with Gasteiger partial charge in [-0.3, -0.25) is 0 Å². The smallest absolute Gasteiger partial charge is 0.00331 e. The van der Waals surface area contributed by atoms with Crippen LogP contribution in [0.25, 0.3) is 0 Å². The van der Waals surface area contributed by atoms with Gasteiger partial charge in [0, 0.05) is 37.0 Å². The molecule has 2 nitrogen and oxygen atoms in total. The molecule has 0 bridgehead atoms. The molecule has 3 aliphatic rings. The Kier molecular flexibility index (Phi) is 1.06. The first-order valence-electron chi connectivity index (χ1n) is 4.79. The molecule has 0 amide bonds. The molecule has 0 aromatic heterocycles. The van der Waals surface area contributed by atoms with E-state index in [2.05, 4.69) is 10.6 Å². The summed E-state index contributed by atoms with van der Waals surface area (Å²) >= 11 is 0. The molecule has 0 aromatic carbocycles. The van der Waals surface area contributed by atoms with Crippen LogP contribution in [-0.2, 0) is 0 Å². The van der Waals surface area contributed by atoms with E-state index in [4.69, 9.17) is 0 Å². The highest BCUT2D eigenvalue weighted by molar-refractivity contribution is 5.14. The third-order valence-electron chi connectivity index (χ3n) is 4.29. The highest BCUT2D eigenvalue weighted by Gasteiger charge is 2.60. The molecular formula is C9H16N2. The maximum absolute atomic E-state index is 3.57. The van der Waals surface area contributed by atoms with Crippen LogP contribution in [0.5, 0.6) is 0 Å². The Balaban J connectivity index is 2.06. The van der Waals surface area contributed by atoms with Gasteiger partial charge in [0.2, 0.25) is 0 Å². The lowest BCUT2D eigenvalue weighted by Crippen LogP contribution is -2.34. The standard InChI is InChI=1S/C9H16N2/c1-2-8-4-10-6-9(8,3-1)7-11-5-8/h10-11H,1-7H2. The van der Waals surface area contributed by atoms with E-state index in [9.17, 15) is 0 Å². The molecule has 0 spiro atoms. The Hall–Kier alpha value is -0.0800. The van der Waals surface area contributed by atoms with Crippen molar-refractivity contribution in [1.82, 2.24) is 10.6 Å². The molecule has 2 aliphatic heterocycles. The predicted octanol–water partition coefficient (Wildman–Crippen LogP) is 0.349. The molecule has 11 heavy (non-hydrogen) atoms. The molecule has 3 fully saturated rings. The first-order chi connectivity index (χ1) is 5.37. The molecular weight excluding hydrogens is 136 g/mol. The Morgan fingerprint density at radius 2 is 1.18 bits per heavy atom. The SMILES string of the molecule is C1CC23CNCC2(C1)CNC3. The van der Waals surface area contributed by atoms with Crippen LogP contribution in [0.15, 0.2) is 0 Å². The van der Waals surface area contributed by atoms with Crippen LogP contribution in [-0.4, -0.2) is 26.2 Å². The molecule has 0 unspecified atom stereocenters. The molecule has 1 saturated carbocycles. The zero-order valence-corrected chi connectivity index (χ0v) is 6.95. The summed E-state index contributed by atoms with van der Waals surface area (Å²) in [5.41, 5.74) is 1.35. The van der Waals surface area contributed by atoms with Crippen molar-refractivity contribution in [2.45, 2.75) is 19.3 Å². The Bertz CT molecular complexity index is 141. The van der Waals surface area contributed by atoms with Crippen molar-refractivity contribution < 1.29 is 0 Å². The lowest BCUT2D eigenvalue weighted by atomic mass is 9.71. The molecule has 2 heterocycles. The van der Waals surface area contributed by atoms with Crippen molar-refractivity contribution in [1.29, 1.82) is 0 Å². The zero-order valence-electron chi connectivity index (χ0n) is 6.95. The monoisotopic (exact) mass is 152 g/mol. The maximum Gasteiger partial charge on any atom is 0.00331 e. The van der Waals surface area contributed by atoms with E-state index in [1.807, 2.05) is 0 Å². The van der Waals surface area contributed by atoms with Crippen molar-refractivity contribution >= 4 is 0 Å². The van der Waals surface area contributed by atoms with Gasteiger partial charge in [-0.2, -0.15) is 0 Å². The van der Waals surface area contributed by atoms with Crippen molar-refractivity contribution in [3.63, 3.8) is 0 Å².